The summed E-state index contributed by atoms with van der Waals surface area (Å²) < 4.78 is 0. The third kappa shape index (κ3) is 5.38. The van der Waals surface area contributed by atoms with Gasteiger partial charge in [0.15, 0.2) is 0 Å². The van der Waals surface area contributed by atoms with Gasteiger partial charge in [-0.05, 0) is 12.5 Å². The van der Waals surface area contributed by atoms with Gasteiger partial charge in [-0.25, -0.2) is 0 Å². The maximum atomic E-state index is 2.38. The first kappa shape index (κ1) is 12.0. The van der Waals surface area contributed by atoms with Gasteiger partial charge in [-0.15, -0.1) is 0 Å². The van der Waals surface area contributed by atoms with Crippen LogP contribution in [0.2, 0.25) is 19.6 Å². The van der Waals surface area contributed by atoms with Crippen molar-refractivity contribution >= 4 is 14.1 Å². The molecule has 0 aromatic heterocycles. The number of benzene rings is 1. The van der Waals surface area contributed by atoms with Crippen molar-refractivity contribution in [1.82, 2.24) is 0 Å². The molecule has 80 valence electrons. The van der Waals surface area contributed by atoms with Crippen LogP contribution in [0.3, 0.4) is 0 Å². The molecule has 1 aromatic rings. The summed E-state index contributed by atoms with van der Waals surface area (Å²) in [5, 5.41) is 0. The smallest absolute Gasteiger partial charge is 0.0687 e. The molecule has 0 spiro atoms. The van der Waals surface area contributed by atoms with Gasteiger partial charge in [-0.2, -0.15) is 0 Å². The van der Waals surface area contributed by atoms with Gasteiger partial charge < -0.3 is 0 Å². The fourth-order valence-electron chi connectivity index (χ4n) is 1.24. The summed E-state index contributed by atoms with van der Waals surface area (Å²) in [6.07, 6.45) is 4.47. The Bertz CT molecular complexity index is 353. The van der Waals surface area contributed by atoms with Crippen LogP contribution in [-0.4, -0.2) is 8.07 Å². The number of rotatable bonds is 3. The third-order valence-electron chi connectivity index (χ3n) is 2.04. The van der Waals surface area contributed by atoms with Crippen molar-refractivity contribution in [1.29, 1.82) is 0 Å². The maximum Gasteiger partial charge on any atom is 0.0687 e. The van der Waals surface area contributed by atoms with E-state index in [9.17, 15) is 0 Å². The van der Waals surface area contributed by atoms with Gasteiger partial charge in [0.05, 0.1) is 8.07 Å². The SMILES string of the molecule is CC(/C=C/[Si](C)(C)C)=C\c1ccccc1. The summed E-state index contributed by atoms with van der Waals surface area (Å²) in [7, 11) is -1.06. The van der Waals surface area contributed by atoms with E-state index in [4.69, 9.17) is 0 Å². The zero-order valence-corrected chi connectivity index (χ0v) is 11.1. The Balaban J connectivity index is 2.74. The van der Waals surface area contributed by atoms with Crippen molar-refractivity contribution < 1.29 is 0 Å². The van der Waals surface area contributed by atoms with E-state index >= 15 is 0 Å². The molecule has 1 aromatic carbocycles. The minimum Gasteiger partial charge on any atom is -0.0947 e. The monoisotopic (exact) mass is 216 g/mol. The van der Waals surface area contributed by atoms with E-state index in [0.717, 1.165) is 0 Å². The average molecular weight is 216 g/mol. The Kier molecular flexibility index (Phi) is 4.10. The highest BCUT2D eigenvalue weighted by molar-refractivity contribution is 6.81. The van der Waals surface area contributed by atoms with Crippen molar-refractivity contribution in [2.75, 3.05) is 0 Å². The molecular weight excluding hydrogens is 196 g/mol. The van der Waals surface area contributed by atoms with Crippen LogP contribution < -0.4 is 0 Å². The highest BCUT2D eigenvalue weighted by Crippen LogP contribution is 2.09. The van der Waals surface area contributed by atoms with Gasteiger partial charge in [0.2, 0.25) is 0 Å². The first-order valence-electron chi connectivity index (χ1n) is 5.40. The van der Waals surface area contributed by atoms with E-state index in [1.165, 1.54) is 11.1 Å². The molecule has 0 atom stereocenters. The molecular formula is C14H20Si. The Hall–Kier alpha value is -1.08. The number of hydrogen-bond acceptors (Lipinski definition) is 0. The lowest BCUT2D eigenvalue weighted by Crippen LogP contribution is -2.15. The lowest BCUT2D eigenvalue weighted by Gasteiger charge is -2.08. The van der Waals surface area contributed by atoms with Crippen molar-refractivity contribution in [3.8, 4) is 0 Å². The lowest BCUT2D eigenvalue weighted by atomic mass is 10.1. The van der Waals surface area contributed by atoms with Gasteiger partial charge in [0.25, 0.3) is 0 Å². The fourth-order valence-corrected chi connectivity index (χ4v) is 2.00. The molecule has 0 saturated heterocycles. The summed E-state index contributed by atoms with van der Waals surface area (Å²) in [5.41, 5.74) is 4.97. The molecule has 0 fully saturated rings. The van der Waals surface area contributed by atoms with Crippen LogP contribution in [0, 0.1) is 0 Å². The normalized spacial score (nSPS) is 13.5. The number of allylic oxidation sites excluding steroid dienone is 2. The second-order valence-electron chi connectivity index (χ2n) is 5.00. The first-order valence-corrected chi connectivity index (χ1v) is 8.98. The minimum atomic E-state index is -1.06. The van der Waals surface area contributed by atoms with Crippen molar-refractivity contribution in [3.05, 3.63) is 53.2 Å². The van der Waals surface area contributed by atoms with Crippen LogP contribution in [0.4, 0.5) is 0 Å². The summed E-state index contributed by atoms with van der Waals surface area (Å²) in [5.74, 6) is 0. The molecule has 0 aliphatic carbocycles. The first-order chi connectivity index (χ1) is 6.97. The standard InChI is InChI=1S/C14H20Si/c1-13(10-11-15(2,3)4)12-14-8-6-5-7-9-14/h5-12H,1-4H3/b11-10+,13-12+. The van der Waals surface area contributed by atoms with Gasteiger partial charge in [0.1, 0.15) is 0 Å². The molecule has 0 aliphatic heterocycles. The molecule has 1 heteroatoms. The highest BCUT2D eigenvalue weighted by Gasteiger charge is 2.06. The fraction of sp³-hybridized carbons (Fsp3) is 0.286. The van der Waals surface area contributed by atoms with E-state index in [0.29, 0.717) is 0 Å². The molecule has 15 heavy (non-hydrogen) atoms. The molecule has 0 nitrogen and oxygen atoms in total. The molecule has 0 unspecified atom stereocenters. The predicted octanol–water partition coefficient (Wildman–Crippen LogP) is 4.52. The molecule has 0 amide bonds. The molecule has 0 N–H and O–H groups in total. The summed E-state index contributed by atoms with van der Waals surface area (Å²) in [4.78, 5) is 0. The van der Waals surface area contributed by atoms with Gasteiger partial charge in [-0.3, -0.25) is 0 Å². The van der Waals surface area contributed by atoms with E-state index in [2.05, 4.69) is 68.7 Å². The molecule has 1 rings (SSSR count). The van der Waals surface area contributed by atoms with Crippen molar-refractivity contribution in [2.24, 2.45) is 0 Å². The van der Waals surface area contributed by atoms with Crippen LogP contribution in [0.25, 0.3) is 6.08 Å². The second-order valence-corrected chi connectivity index (χ2v) is 10.1. The van der Waals surface area contributed by atoms with Gasteiger partial charge >= 0.3 is 0 Å². The molecule has 0 saturated carbocycles. The Morgan fingerprint density at radius 3 is 2.20 bits per heavy atom. The van der Waals surface area contributed by atoms with Crippen LogP contribution in [0.5, 0.6) is 0 Å². The lowest BCUT2D eigenvalue weighted by molar-refractivity contribution is 1.54. The molecule has 0 aliphatic rings. The van der Waals surface area contributed by atoms with E-state index in [1.54, 1.807) is 0 Å². The van der Waals surface area contributed by atoms with E-state index in [-0.39, 0.29) is 0 Å². The van der Waals surface area contributed by atoms with Crippen LogP contribution in [0.15, 0.2) is 47.7 Å². The minimum absolute atomic E-state index is 1.06. The summed E-state index contributed by atoms with van der Waals surface area (Å²) in [6.45, 7) is 9.20. The van der Waals surface area contributed by atoms with Gasteiger partial charge in [0, 0.05) is 0 Å². The quantitative estimate of drug-likeness (QED) is 0.514. The van der Waals surface area contributed by atoms with Crippen molar-refractivity contribution in [3.63, 3.8) is 0 Å². The predicted molar refractivity (Wildman–Crippen MR) is 72.6 cm³/mol. The highest BCUT2D eigenvalue weighted by atomic mass is 28.3. The summed E-state index contributed by atoms with van der Waals surface area (Å²) in [6, 6.07) is 10.4. The second kappa shape index (κ2) is 5.13. The maximum absolute atomic E-state index is 2.38. The Labute approximate surface area is 94.4 Å². The molecule has 0 radical (unpaired) electrons. The number of hydrogen-bond donors (Lipinski definition) is 0. The Morgan fingerprint density at radius 2 is 1.67 bits per heavy atom. The van der Waals surface area contributed by atoms with Gasteiger partial charge in [-0.1, -0.05) is 73.4 Å². The zero-order valence-electron chi connectivity index (χ0n) is 10.1. The average Bonchev–Trinajstić information content (AvgIpc) is 2.15. The van der Waals surface area contributed by atoms with Crippen molar-refractivity contribution in [2.45, 2.75) is 26.6 Å². The summed E-state index contributed by atoms with van der Waals surface area (Å²) >= 11 is 0. The van der Waals surface area contributed by atoms with Crippen LogP contribution in [0.1, 0.15) is 12.5 Å². The van der Waals surface area contributed by atoms with Crippen LogP contribution in [-0.2, 0) is 0 Å². The Morgan fingerprint density at radius 1 is 1.07 bits per heavy atom. The molecule has 0 bridgehead atoms. The molecule has 0 heterocycles. The third-order valence-corrected chi connectivity index (χ3v) is 3.21. The topological polar surface area (TPSA) is 0 Å². The van der Waals surface area contributed by atoms with Crippen LogP contribution >= 0.6 is 0 Å². The van der Waals surface area contributed by atoms with E-state index in [1.807, 2.05) is 6.07 Å². The zero-order chi connectivity index (χ0) is 11.3. The van der Waals surface area contributed by atoms with E-state index < -0.39 is 8.07 Å². The largest absolute Gasteiger partial charge is 0.0947 e.